The van der Waals surface area contributed by atoms with E-state index >= 15 is 0 Å². The van der Waals surface area contributed by atoms with E-state index < -0.39 is 6.10 Å². The van der Waals surface area contributed by atoms with Crippen molar-refractivity contribution in [3.8, 4) is 0 Å². The number of anilines is 2. The van der Waals surface area contributed by atoms with Gasteiger partial charge in [-0.25, -0.2) is 4.98 Å². The maximum absolute atomic E-state index is 9.51. The van der Waals surface area contributed by atoms with Crippen LogP contribution in [0.1, 0.15) is 28.5 Å². The first kappa shape index (κ1) is 14.8. The number of benzene rings is 1. The monoisotopic (exact) mass is 291 g/mol. The van der Waals surface area contributed by atoms with E-state index in [1.54, 1.807) is 24.5 Å². The molecule has 1 aromatic heterocycles. The molecule has 0 saturated heterocycles. The van der Waals surface area contributed by atoms with Gasteiger partial charge >= 0.3 is 0 Å². The van der Waals surface area contributed by atoms with Gasteiger partial charge in [-0.15, -0.1) is 11.3 Å². The van der Waals surface area contributed by atoms with E-state index in [-0.39, 0.29) is 0 Å². The summed E-state index contributed by atoms with van der Waals surface area (Å²) in [4.78, 5) is 7.34. The molecular weight excluding hydrogens is 270 g/mol. The van der Waals surface area contributed by atoms with Crippen molar-refractivity contribution in [3.63, 3.8) is 0 Å². The van der Waals surface area contributed by atoms with Crippen molar-refractivity contribution in [1.29, 1.82) is 0 Å². The van der Waals surface area contributed by atoms with Crippen LogP contribution >= 0.6 is 11.3 Å². The van der Waals surface area contributed by atoms with Gasteiger partial charge in [0, 0.05) is 31.7 Å². The molecule has 0 aliphatic rings. The molecule has 1 atom stereocenters. The molecule has 1 heterocycles. The van der Waals surface area contributed by atoms with Gasteiger partial charge in [0.25, 0.3) is 0 Å². The maximum atomic E-state index is 9.51. The van der Waals surface area contributed by atoms with E-state index in [4.69, 9.17) is 0 Å². The van der Waals surface area contributed by atoms with Crippen molar-refractivity contribution >= 4 is 22.7 Å². The number of nitrogens with zero attached hydrogens (tertiary/aromatic N) is 2. The van der Waals surface area contributed by atoms with Gasteiger partial charge in [0.15, 0.2) is 0 Å². The summed E-state index contributed by atoms with van der Waals surface area (Å²) in [5.74, 6) is 0. The molecule has 0 radical (unpaired) electrons. The van der Waals surface area contributed by atoms with Crippen LogP contribution in [0.3, 0.4) is 0 Å². The van der Waals surface area contributed by atoms with Crippen molar-refractivity contribution in [2.75, 3.05) is 24.3 Å². The highest BCUT2D eigenvalue weighted by atomic mass is 32.1. The second kappa shape index (κ2) is 6.24. The highest BCUT2D eigenvalue weighted by Gasteiger charge is 2.08. The van der Waals surface area contributed by atoms with Gasteiger partial charge in [-0.3, -0.25) is 0 Å². The molecule has 2 rings (SSSR count). The summed E-state index contributed by atoms with van der Waals surface area (Å²) in [5, 5.41) is 13.9. The summed E-state index contributed by atoms with van der Waals surface area (Å²) in [6.07, 6.45) is 1.30. The standard InChI is InChI=1S/C15H21N3OS/c1-10-12(6-5-7-13(10)18(3)4)16-9-15-17-8-14(20-15)11(2)19/h5-8,11,16,19H,9H2,1-4H3. The molecule has 0 aliphatic heterocycles. The molecule has 2 N–H and O–H groups in total. The lowest BCUT2D eigenvalue weighted by Crippen LogP contribution is -2.11. The molecule has 4 nitrogen and oxygen atoms in total. The molecule has 0 aliphatic carbocycles. The van der Waals surface area contributed by atoms with Gasteiger partial charge in [0.05, 0.1) is 17.5 Å². The average Bonchev–Trinajstić information content (AvgIpc) is 2.86. The largest absolute Gasteiger partial charge is 0.388 e. The van der Waals surface area contributed by atoms with Gasteiger partial charge in [-0.05, 0) is 31.5 Å². The number of hydrogen-bond donors (Lipinski definition) is 2. The minimum Gasteiger partial charge on any atom is -0.388 e. The lowest BCUT2D eigenvalue weighted by molar-refractivity contribution is 0.203. The second-order valence-electron chi connectivity index (χ2n) is 5.03. The first-order chi connectivity index (χ1) is 9.49. The predicted octanol–water partition coefficient (Wildman–Crippen LogP) is 3.18. The van der Waals surface area contributed by atoms with E-state index in [0.29, 0.717) is 6.54 Å². The fourth-order valence-corrected chi connectivity index (χ4v) is 2.87. The summed E-state index contributed by atoms with van der Waals surface area (Å²) in [6.45, 7) is 4.55. The Kier molecular flexibility index (Phi) is 4.62. The second-order valence-corrected chi connectivity index (χ2v) is 6.18. The van der Waals surface area contributed by atoms with E-state index in [9.17, 15) is 5.11 Å². The normalized spacial score (nSPS) is 12.2. The minimum atomic E-state index is -0.444. The van der Waals surface area contributed by atoms with Gasteiger partial charge in [0.1, 0.15) is 5.01 Å². The third-order valence-corrected chi connectivity index (χ3v) is 4.37. The van der Waals surface area contributed by atoms with Gasteiger partial charge in [0.2, 0.25) is 0 Å². The molecule has 20 heavy (non-hydrogen) atoms. The van der Waals surface area contributed by atoms with Crippen LogP contribution in [-0.4, -0.2) is 24.2 Å². The van der Waals surface area contributed by atoms with Crippen LogP contribution in [-0.2, 0) is 6.54 Å². The van der Waals surface area contributed by atoms with Crippen molar-refractivity contribution in [2.45, 2.75) is 26.5 Å². The van der Waals surface area contributed by atoms with Crippen molar-refractivity contribution in [2.24, 2.45) is 0 Å². The molecule has 0 amide bonds. The maximum Gasteiger partial charge on any atom is 0.112 e. The summed E-state index contributed by atoms with van der Waals surface area (Å²) in [7, 11) is 4.09. The van der Waals surface area contributed by atoms with E-state index in [0.717, 1.165) is 15.6 Å². The number of aromatic nitrogens is 1. The summed E-state index contributed by atoms with van der Waals surface area (Å²) >= 11 is 1.54. The Bertz CT molecular complexity index is 578. The zero-order valence-electron chi connectivity index (χ0n) is 12.3. The lowest BCUT2D eigenvalue weighted by Gasteiger charge is -2.18. The quantitative estimate of drug-likeness (QED) is 0.888. The first-order valence-electron chi connectivity index (χ1n) is 6.62. The summed E-state index contributed by atoms with van der Waals surface area (Å²) < 4.78 is 0. The summed E-state index contributed by atoms with van der Waals surface area (Å²) in [5.41, 5.74) is 3.55. The molecule has 0 spiro atoms. The fourth-order valence-electron chi connectivity index (χ4n) is 2.07. The molecule has 2 aromatic rings. The lowest BCUT2D eigenvalue weighted by atomic mass is 10.1. The average molecular weight is 291 g/mol. The highest BCUT2D eigenvalue weighted by molar-refractivity contribution is 7.11. The number of hydrogen-bond acceptors (Lipinski definition) is 5. The van der Waals surface area contributed by atoms with Crippen LogP contribution in [0.25, 0.3) is 0 Å². The summed E-state index contributed by atoms with van der Waals surface area (Å²) in [6, 6.07) is 6.23. The van der Waals surface area contributed by atoms with Crippen LogP contribution in [0.4, 0.5) is 11.4 Å². The highest BCUT2D eigenvalue weighted by Crippen LogP contribution is 2.26. The Morgan fingerprint density at radius 2 is 2.15 bits per heavy atom. The van der Waals surface area contributed by atoms with Gasteiger partial charge in [-0.2, -0.15) is 0 Å². The Hall–Kier alpha value is -1.59. The zero-order valence-corrected chi connectivity index (χ0v) is 13.2. The van der Waals surface area contributed by atoms with Gasteiger partial charge in [-0.1, -0.05) is 6.07 Å². The van der Waals surface area contributed by atoms with E-state index in [1.807, 2.05) is 20.2 Å². The van der Waals surface area contributed by atoms with Crippen LogP contribution < -0.4 is 10.2 Å². The molecule has 0 fully saturated rings. The Labute approximate surface area is 124 Å². The molecule has 1 aromatic carbocycles. The molecule has 108 valence electrons. The Balaban J connectivity index is 2.08. The van der Waals surface area contributed by atoms with E-state index in [1.165, 1.54) is 11.3 Å². The van der Waals surface area contributed by atoms with Crippen LogP contribution in [0.15, 0.2) is 24.4 Å². The number of aliphatic hydroxyl groups is 1. The number of nitrogens with one attached hydrogen (secondary N) is 1. The smallest absolute Gasteiger partial charge is 0.112 e. The number of rotatable bonds is 5. The van der Waals surface area contributed by atoms with Gasteiger partial charge < -0.3 is 15.3 Å². The van der Waals surface area contributed by atoms with Crippen molar-refractivity contribution in [3.05, 3.63) is 39.8 Å². The molecular formula is C15H21N3OS. The van der Waals surface area contributed by atoms with Crippen molar-refractivity contribution < 1.29 is 5.11 Å². The van der Waals surface area contributed by atoms with Crippen LogP contribution in [0.2, 0.25) is 0 Å². The Morgan fingerprint density at radius 1 is 1.40 bits per heavy atom. The topological polar surface area (TPSA) is 48.4 Å². The third kappa shape index (κ3) is 3.29. The van der Waals surface area contributed by atoms with Crippen molar-refractivity contribution in [1.82, 2.24) is 4.98 Å². The number of aliphatic hydroxyl groups excluding tert-OH is 1. The first-order valence-corrected chi connectivity index (χ1v) is 7.44. The third-order valence-electron chi connectivity index (χ3n) is 3.20. The van der Waals surface area contributed by atoms with Crippen LogP contribution in [0, 0.1) is 6.92 Å². The fraction of sp³-hybridized carbons (Fsp3) is 0.400. The molecule has 0 bridgehead atoms. The minimum absolute atomic E-state index is 0.444. The Morgan fingerprint density at radius 3 is 2.75 bits per heavy atom. The predicted molar refractivity (Wildman–Crippen MR) is 85.6 cm³/mol. The number of thiazole rings is 1. The molecule has 0 saturated carbocycles. The SMILES string of the molecule is Cc1c(NCc2ncc(C(C)O)s2)cccc1N(C)C. The van der Waals surface area contributed by atoms with Crippen LogP contribution in [0.5, 0.6) is 0 Å². The zero-order chi connectivity index (χ0) is 14.7. The van der Waals surface area contributed by atoms with E-state index in [2.05, 4.69) is 34.3 Å². The molecule has 1 unspecified atom stereocenters. The molecule has 5 heteroatoms.